The summed E-state index contributed by atoms with van der Waals surface area (Å²) in [7, 11) is 0. The van der Waals surface area contributed by atoms with Crippen molar-refractivity contribution in [2.75, 3.05) is 0 Å². The summed E-state index contributed by atoms with van der Waals surface area (Å²) < 4.78 is 3.36. The molecule has 0 spiro atoms. The van der Waals surface area contributed by atoms with Crippen LogP contribution in [0.5, 0.6) is 0 Å². The molecular formula is C21H20ClN7O. The van der Waals surface area contributed by atoms with Gasteiger partial charge in [0.15, 0.2) is 5.69 Å². The molecule has 2 heterocycles. The smallest absolute Gasteiger partial charge is 0.273 e. The number of benzene rings is 2. The highest BCUT2D eigenvalue weighted by Crippen LogP contribution is 2.18. The Kier molecular flexibility index (Phi) is 6.14. The van der Waals surface area contributed by atoms with Gasteiger partial charge < -0.3 is 5.32 Å². The minimum atomic E-state index is -0.278. The molecule has 8 nitrogen and oxygen atoms in total. The Labute approximate surface area is 178 Å². The van der Waals surface area contributed by atoms with Crippen LogP contribution in [-0.2, 0) is 13.1 Å². The fraction of sp³-hybridized carbons (Fsp3) is 0.190. The second-order valence-corrected chi connectivity index (χ2v) is 7.25. The summed E-state index contributed by atoms with van der Waals surface area (Å²) in [6.07, 6.45) is 5.45. The highest BCUT2D eigenvalue weighted by Gasteiger charge is 2.18. The third-order valence-electron chi connectivity index (χ3n) is 4.63. The zero-order valence-corrected chi connectivity index (χ0v) is 16.9. The molecule has 0 radical (unpaired) electrons. The van der Waals surface area contributed by atoms with Crippen LogP contribution < -0.4 is 5.32 Å². The number of carbonyl (C=O) groups is 1. The monoisotopic (exact) mass is 421 g/mol. The molecule has 0 aliphatic rings. The molecule has 9 heteroatoms. The van der Waals surface area contributed by atoms with Crippen LogP contribution in [0.1, 0.15) is 34.1 Å². The molecule has 1 atom stereocenters. The van der Waals surface area contributed by atoms with Gasteiger partial charge in [-0.25, -0.2) is 9.67 Å². The van der Waals surface area contributed by atoms with Crippen LogP contribution in [0.2, 0.25) is 5.02 Å². The predicted octanol–water partition coefficient (Wildman–Crippen LogP) is 3.13. The molecule has 4 aromatic rings. The van der Waals surface area contributed by atoms with Crippen LogP contribution >= 0.6 is 11.6 Å². The van der Waals surface area contributed by atoms with Crippen LogP contribution in [0.3, 0.4) is 0 Å². The van der Waals surface area contributed by atoms with Crippen molar-refractivity contribution >= 4 is 17.5 Å². The summed E-state index contributed by atoms with van der Waals surface area (Å²) in [6.45, 7) is 1.11. The van der Waals surface area contributed by atoms with Crippen LogP contribution in [0.15, 0.2) is 73.4 Å². The highest BCUT2D eigenvalue weighted by molar-refractivity contribution is 6.30. The second-order valence-electron chi connectivity index (χ2n) is 6.82. The summed E-state index contributed by atoms with van der Waals surface area (Å²) >= 11 is 6.03. The van der Waals surface area contributed by atoms with E-state index in [1.807, 2.05) is 54.6 Å². The van der Waals surface area contributed by atoms with E-state index >= 15 is 0 Å². The van der Waals surface area contributed by atoms with E-state index in [4.69, 9.17) is 11.6 Å². The van der Waals surface area contributed by atoms with E-state index in [2.05, 4.69) is 25.7 Å². The van der Waals surface area contributed by atoms with Gasteiger partial charge in [0, 0.05) is 11.6 Å². The highest BCUT2D eigenvalue weighted by atomic mass is 35.5. The van der Waals surface area contributed by atoms with Crippen LogP contribution in [-0.4, -0.2) is 35.7 Å². The van der Waals surface area contributed by atoms with Crippen LogP contribution in [0.25, 0.3) is 0 Å². The standard InChI is InChI=1S/C21H20ClN7O/c22-18-8-4-5-16(11-18)12-29-13-20(26-27-29)21(30)25-19(17-6-2-1-3-7-17)9-10-28-15-23-14-24-28/h1-8,11,13-15,19H,9-10,12H2,(H,25,30). The van der Waals surface area contributed by atoms with Gasteiger partial charge in [0.1, 0.15) is 12.7 Å². The molecule has 30 heavy (non-hydrogen) atoms. The molecule has 152 valence electrons. The second kappa shape index (κ2) is 9.32. The summed E-state index contributed by atoms with van der Waals surface area (Å²) in [4.78, 5) is 16.8. The summed E-state index contributed by atoms with van der Waals surface area (Å²) in [6, 6.07) is 17.1. The van der Waals surface area contributed by atoms with E-state index < -0.39 is 0 Å². The number of aromatic nitrogens is 6. The van der Waals surface area contributed by atoms with Gasteiger partial charge in [-0.1, -0.05) is 59.3 Å². The number of nitrogens with zero attached hydrogens (tertiary/aromatic N) is 6. The molecule has 1 N–H and O–H groups in total. The summed E-state index contributed by atoms with van der Waals surface area (Å²) in [5.74, 6) is -0.278. The number of hydrogen-bond donors (Lipinski definition) is 1. The van der Waals surface area contributed by atoms with Crippen LogP contribution in [0, 0.1) is 0 Å². The lowest BCUT2D eigenvalue weighted by atomic mass is 10.0. The van der Waals surface area contributed by atoms with Crippen molar-refractivity contribution in [2.45, 2.75) is 25.6 Å². The molecule has 2 aromatic carbocycles. The lowest BCUT2D eigenvalue weighted by molar-refractivity contribution is 0.0928. The van der Waals surface area contributed by atoms with E-state index in [1.165, 1.54) is 6.33 Å². The van der Waals surface area contributed by atoms with E-state index in [9.17, 15) is 4.79 Å². The topological polar surface area (TPSA) is 90.5 Å². The Balaban J connectivity index is 1.45. The minimum absolute atomic E-state index is 0.194. The van der Waals surface area contributed by atoms with E-state index in [0.717, 1.165) is 11.1 Å². The maximum atomic E-state index is 12.8. The number of nitrogens with one attached hydrogen (secondary N) is 1. The molecule has 0 saturated carbocycles. The first-order valence-electron chi connectivity index (χ1n) is 9.50. The molecule has 2 aromatic heterocycles. The predicted molar refractivity (Wildman–Crippen MR) is 112 cm³/mol. The lowest BCUT2D eigenvalue weighted by Gasteiger charge is -2.18. The zero-order valence-electron chi connectivity index (χ0n) is 16.1. The van der Waals surface area contributed by atoms with Gasteiger partial charge in [-0.3, -0.25) is 9.48 Å². The van der Waals surface area contributed by atoms with Gasteiger partial charge in [-0.15, -0.1) is 5.10 Å². The maximum absolute atomic E-state index is 12.8. The average Bonchev–Trinajstić information content (AvgIpc) is 3.44. The van der Waals surface area contributed by atoms with Crippen molar-refractivity contribution in [3.05, 3.63) is 95.3 Å². The Bertz CT molecular complexity index is 1100. The van der Waals surface area contributed by atoms with Crippen molar-refractivity contribution in [3.8, 4) is 0 Å². The van der Waals surface area contributed by atoms with Crippen molar-refractivity contribution in [1.29, 1.82) is 0 Å². The van der Waals surface area contributed by atoms with E-state index in [0.29, 0.717) is 24.5 Å². The van der Waals surface area contributed by atoms with E-state index in [-0.39, 0.29) is 17.6 Å². The van der Waals surface area contributed by atoms with Gasteiger partial charge in [0.2, 0.25) is 0 Å². The van der Waals surface area contributed by atoms with Crippen molar-refractivity contribution in [1.82, 2.24) is 35.1 Å². The molecule has 0 aliphatic heterocycles. The molecule has 0 saturated heterocycles. The molecular weight excluding hydrogens is 402 g/mol. The van der Waals surface area contributed by atoms with Crippen molar-refractivity contribution in [2.24, 2.45) is 0 Å². The molecule has 1 amide bonds. The summed E-state index contributed by atoms with van der Waals surface area (Å²) in [5.41, 5.74) is 2.25. The van der Waals surface area contributed by atoms with Gasteiger partial charge in [-0.2, -0.15) is 5.10 Å². The Morgan fingerprint density at radius 2 is 1.97 bits per heavy atom. The first kappa shape index (κ1) is 19.8. The fourth-order valence-electron chi connectivity index (χ4n) is 3.15. The third kappa shape index (κ3) is 5.09. The normalized spacial score (nSPS) is 11.9. The number of aryl methyl sites for hydroxylation is 1. The Morgan fingerprint density at radius 3 is 2.73 bits per heavy atom. The first-order chi connectivity index (χ1) is 14.7. The number of halogens is 1. The van der Waals surface area contributed by atoms with Crippen molar-refractivity contribution < 1.29 is 4.79 Å². The first-order valence-corrected chi connectivity index (χ1v) is 9.88. The molecule has 1 unspecified atom stereocenters. The number of amides is 1. The maximum Gasteiger partial charge on any atom is 0.273 e. The SMILES string of the molecule is O=C(NC(CCn1cncn1)c1ccccc1)c1cn(Cc2cccc(Cl)c2)nn1. The average molecular weight is 422 g/mol. The number of rotatable bonds is 8. The Hall–Kier alpha value is -3.52. The quantitative estimate of drug-likeness (QED) is 0.472. The Morgan fingerprint density at radius 1 is 1.10 bits per heavy atom. The third-order valence-corrected chi connectivity index (χ3v) is 4.86. The minimum Gasteiger partial charge on any atom is -0.344 e. The van der Waals surface area contributed by atoms with Gasteiger partial charge >= 0.3 is 0 Å². The zero-order chi connectivity index (χ0) is 20.8. The molecule has 0 aliphatic carbocycles. The largest absolute Gasteiger partial charge is 0.344 e. The van der Waals surface area contributed by atoms with E-state index in [1.54, 1.807) is 21.9 Å². The number of carbonyl (C=O) groups excluding carboxylic acids is 1. The molecule has 0 fully saturated rings. The van der Waals surface area contributed by atoms with Crippen molar-refractivity contribution in [3.63, 3.8) is 0 Å². The van der Waals surface area contributed by atoms with Crippen LogP contribution in [0.4, 0.5) is 0 Å². The number of hydrogen-bond acceptors (Lipinski definition) is 5. The molecule has 4 rings (SSSR count). The fourth-order valence-corrected chi connectivity index (χ4v) is 3.36. The van der Waals surface area contributed by atoms with Gasteiger partial charge in [-0.05, 0) is 29.7 Å². The molecule has 0 bridgehead atoms. The van der Waals surface area contributed by atoms with Gasteiger partial charge in [0.25, 0.3) is 5.91 Å². The lowest BCUT2D eigenvalue weighted by Crippen LogP contribution is -2.29. The van der Waals surface area contributed by atoms with Gasteiger partial charge in [0.05, 0.1) is 18.8 Å². The summed E-state index contributed by atoms with van der Waals surface area (Å²) in [5, 5.41) is 15.9.